The van der Waals surface area contributed by atoms with Gasteiger partial charge in [0, 0.05) is 18.5 Å². The zero-order valence-electron chi connectivity index (χ0n) is 13.3. The van der Waals surface area contributed by atoms with E-state index in [9.17, 15) is 5.11 Å². The third kappa shape index (κ3) is 4.96. The second-order valence-electron chi connectivity index (χ2n) is 6.20. The van der Waals surface area contributed by atoms with Crippen LogP contribution in [0.5, 0.6) is 0 Å². The summed E-state index contributed by atoms with van der Waals surface area (Å²) in [5.74, 6) is 2.43. The second kappa shape index (κ2) is 6.88. The van der Waals surface area contributed by atoms with Gasteiger partial charge in [0.2, 0.25) is 0 Å². The standard InChI is InChI=1S/C15H28N4O/c1-6-7-12-18-13(16)11(4)14(19-12)17-9-15(5,20)8-10(2)3/h10,20H,6-9H2,1-5H3,(H3,16,17,18,19). The average Bonchev–Trinajstić information content (AvgIpc) is 2.30. The highest BCUT2D eigenvalue weighted by Crippen LogP contribution is 2.21. The van der Waals surface area contributed by atoms with Crippen LogP contribution in [0.15, 0.2) is 0 Å². The number of nitrogens with one attached hydrogen (secondary N) is 1. The van der Waals surface area contributed by atoms with E-state index >= 15 is 0 Å². The van der Waals surface area contributed by atoms with Gasteiger partial charge in [0.05, 0.1) is 5.60 Å². The van der Waals surface area contributed by atoms with Gasteiger partial charge in [0.15, 0.2) is 0 Å². The van der Waals surface area contributed by atoms with E-state index in [1.807, 2.05) is 13.8 Å². The predicted molar refractivity (Wildman–Crippen MR) is 83.7 cm³/mol. The van der Waals surface area contributed by atoms with E-state index in [4.69, 9.17) is 5.73 Å². The number of aromatic nitrogens is 2. The van der Waals surface area contributed by atoms with Crippen LogP contribution in [0.25, 0.3) is 0 Å². The van der Waals surface area contributed by atoms with Crippen molar-refractivity contribution in [3.05, 3.63) is 11.4 Å². The summed E-state index contributed by atoms with van der Waals surface area (Å²) in [6.07, 6.45) is 2.52. The number of hydrogen-bond acceptors (Lipinski definition) is 5. The van der Waals surface area contributed by atoms with E-state index in [2.05, 4.69) is 36.1 Å². The zero-order valence-corrected chi connectivity index (χ0v) is 13.3. The first kappa shape index (κ1) is 16.7. The molecule has 1 aromatic rings. The molecule has 0 aliphatic heterocycles. The maximum Gasteiger partial charge on any atom is 0.134 e. The molecule has 4 N–H and O–H groups in total. The molecule has 0 saturated carbocycles. The van der Waals surface area contributed by atoms with E-state index in [1.54, 1.807) is 0 Å². The van der Waals surface area contributed by atoms with Crippen molar-refractivity contribution >= 4 is 11.6 Å². The molecular weight excluding hydrogens is 252 g/mol. The number of nitrogens with two attached hydrogens (primary N) is 1. The Kier molecular flexibility index (Phi) is 5.74. The summed E-state index contributed by atoms with van der Waals surface area (Å²) < 4.78 is 0. The molecule has 0 spiro atoms. The Morgan fingerprint density at radius 3 is 2.55 bits per heavy atom. The summed E-state index contributed by atoms with van der Waals surface area (Å²) in [7, 11) is 0. The molecular formula is C15H28N4O. The molecule has 5 nitrogen and oxygen atoms in total. The van der Waals surface area contributed by atoms with Crippen LogP contribution in [0.1, 0.15) is 51.9 Å². The first-order valence-electron chi connectivity index (χ1n) is 7.34. The van der Waals surface area contributed by atoms with Crippen molar-refractivity contribution in [2.75, 3.05) is 17.6 Å². The van der Waals surface area contributed by atoms with E-state index in [0.717, 1.165) is 36.5 Å². The quantitative estimate of drug-likeness (QED) is 0.714. The van der Waals surface area contributed by atoms with Crippen LogP contribution in [-0.4, -0.2) is 27.2 Å². The minimum atomic E-state index is -0.759. The number of hydrogen-bond donors (Lipinski definition) is 3. The van der Waals surface area contributed by atoms with Crippen molar-refractivity contribution in [2.24, 2.45) is 5.92 Å². The van der Waals surface area contributed by atoms with Gasteiger partial charge in [0.1, 0.15) is 17.5 Å². The van der Waals surface area contributed by atoms with Gasteiger partial charge in [-0.15, -0.1) is 0 Å². The SMILES string of the molecule is CCCc1nc(N)c(C)c(NCC(C)(O)CC(C)C)n1. The molecule has 1 atom stereocenters. The van der Waals surface area contributed by atoms with E-state index in [0.29, 0.717) is 18.3 Å². The molecule has 0 amide bonds. The van der Waals surface area contributed by atoms with Crippen molar-refractivity contribution < 1.29 is 5.11 Å². The Bertz CT molecular complexity index is 444. The van der Waals surface area contributed by atoms with Crippen LogP contribution >= 0.6 is 0 Å². The highest BCUT2D eigenvalue weighted by molar-refractivity contribution is 5.54. The summed E-state index contributed by atoms with van der Waals surface area (Å²) in [4.78, 5) is 8.77. The van der Waals surface area contributed by atoms with Gasteiger partial charge in [-0.3, -0.25) is 0 Å². The lowest BCUT2D eigenvalue weighted by atomic mass is 9.94. The zero-order chi connectivity index (χ0) is 15.3. The number of nitrogen functional groups attached to an aromatic ring is 1. The molecule has 0 radical (unpaired) electrons. The lowest BCUT2D eigenvalue weighted by molar-refractivity contribution is 0.0514. The molecule has 5 heteroatoms. The van der Waals surface area contributed by atoms with Gasteiger partial charge in [-0.1, -0.05) is 20.8 Å². The number of anilines is 2. The Morgan fingerprint density at radius 2 is 2.00 bits per heavy atom. The second-order valence-corrected chi connectivity index (χ2v) is 6.20. The van der Waals surface area contributed by atoms with Crippen molar-refractivity contribution in [1.29, 1.82) is 0 Å². The van der Waals surface area contributed by atoms with Gasteiger partial charge in [-0.05, 0) is 32.6 Å². The Labute approximate surface area is 122 Å². The molecule has 0 fully saturated rings. The lowest BCUT2D eigenvalue weighted by Crippen LogP contribution is -2.35. The smallest absolute Gasteiger partial charge is 0.134 e. The molecule has 0 aromatic carbocycles. The van der Waals surface area contributed by atoms with E-state index in [1.165, 1.54) is 0 Å². The maximum atomic E-state index is 10.3. The van der Waals surface area contributed by atoms with E-state index < -0.39 is 5.60 Å². The molecule has 1 aromatic heterocycles. The summed E-state index contributed by atoms with van der Waals surface area (Å²) in [6.45, 7) is 10.5. The monoisotopic (exact) mass is 280 g/mol. The van der Waals surface area contributed by atoms with Crippen molar-refractivity contribution in [1.82, 2.24) is 9.97 Å². The Hall–Kier alpha value is -1.36. The normalized spacial score (nSPS) is 14.3. The third-order valence-electron chi connectivity index (χ3n) is 3.19. The van der Waals surface area contributed by atoms with Crippen LogP contribution < -0.4 is 11.1 Å². The number of rotatable bonds is 7. The molecule has 20 heavy (non-hydrogen) atoms. The van der Waals surface area contributed by atoms with Crippen LogP contribution in [-0.2, 0) is 6.42 Å². The highest BCUT2D eigenvalue weighted by Gasteiger charge is 2.22. The van der Waals surface area contributed by atoms with Crippen LogP contribution in [0.3, 0.4) is 0 Å². The molecule has 114 valence electrons. The number of aliphatic hydroxyl groups is 1. The molecule has 0 saturated heterocycles. The average molecular weight is 280 g/mol. The number of aryl methyl sites for hydroxylation is 1. The maximum absolute atomic E-state index is 10.3. The molecule has 0 aliphatic carbocycles. The topological polar surface area (TPSA) is 84.1 Å². The van der Waals surface area contributed by atoms with Gasteiger partial charge < -0.3 is 16.2 Å². The summed E-state index contributed by atoms with van der Waals surface area (Å²) in [5.41, 5.74) is 6.00. The van der Waals surface area contributed by atoms with Gasteiger partial charge in [0.25, 0.3) is 0 Å². The van der Waals surface area contributed by atoms with Crippen molar-refractivity contribution in [2.45, 2.75) is 59.5 Å². The van der Waals surface area contributed by atoms with Crippen molar-refractivity contribution in [3.8, 4) is 0 Å². The van der Waals surface area contributed by atoms with Crippen LogP contribution in [0.2, 0.25) is 0 Å². The number of nitrogens with zero attached hydrogens (tertiary/aromatic N) is 2. The summed E-state index contributed by atoms with van der Waals surface area (Å²) in [5, 5.41) is 13.6. The van der Waals surface area contributed by atoms with Gasteiger partial charge in [-0.25, -0.2) is 9.97 Å². The first-order chi connectivity index (χ1) is 9.25. The third-order valence-corrected chi connectivity index (χ3v) is 3.19. The predicted octanol–water partition coefficient (Wildman–Crippen LogP) is 2.53. The fourth-order valence-electron chi connectivity index (χ4n) is 2.32. The minimum Gasteiger partial charge on any atom is -0.388 e. The fourth-order valence-corrected chi connectivity index (χ4v) is 2.32. The fraction of sp³-hybridized carbons (Fsp3) is 0.733. The van der Waals surface area contributed by atoms with E-state index in [-0.39, 0.29) is 0 Å². The molecule has 0 bridgehead atoms. The highest BCUT2D eigenvalue weighted by atomic mass is 16.3. The van der Waals surface area contributed by atoms with Gasteiger partial charge in [-0.2, -0.15) is 0 Å². The molecule has 1 unspecified atom stereocenters. The first-order valence-corrected chi connectivity index (χ1v) is 7.34. The molecule has 1 heterocycles. The Morgan fingerprint density at radius 1 is 1.35 bits per heavy atom. The summed E-state index contributed by atoms with van der Waals surface area (Å²) in [6, 6.07) is 0. The summed E-state index contributed by atoms with van der Waals surface area (Å²) >= 11 is 0. The van der Waals surface area contributed by atoms with Crippen LogP contribution in [0.4, 0.5) is 11.6 Å². The van der Waals surface area contributed by atoms with Crippen LogP contribution in [0, 0.1) is 12.8 Å². The molecule has 1 rings (SSSR count). The largest absolute Gasteiger partial charge is 0.388 e. The lowest BCUT2D eigenvalue weighted by Gasteiger charge is -2.26. The van der Waals surface area contributed by atoms with Gasteiger partial charge >= 0.3 is 0 Å². The molecule has 0 aliphatic rings. The Balaban J connectivity index is 2.81. The minimum absolute atomic E-state index is 0.444. The van der Waals surface area contributed by atoms with Crippen molar-refractivity contribution in [3.63, 3.8) is 0 Å².